The zero-order valence-corrected chi connectivity index (χ0v) is 20.8. The molecule has 1 unspecified atom stereocenters. The van der Waals surface area contributed by atoms with Crippen LogP contribution in [0.25, 0.3) is 0 Å². The zero-order valence-electron chi connectivity index (χ0n) is 20.0. The Balaban J connectivity index is 2.11. The molecule has 1 amide bonds. The predicted molar refractivity (Wildman–Crippen MR) is 130 cm³/mol. The molecule has 2 aromatic rings. The average Bonchev–Trinajstić information content (AvgIpc) is 2.79. The summed E-state index contributed by atoms with van der Waals surface area (Å²) in [5.74, 6) is 0.726. The van der Waals surface area contributed by atoms with Gasteiger partial charge in [-0.15, -0.1) is 0 Å². The van der Waals surface area contributed by atoms with Crippen molar-refractivity contribution in [2.45, 2.75) is 39.2 Å². The normalized spacial score (nSPS) is 12.0. The molecule has 2 rings (SSSR count). The maximum atomic E-state index is 12.6. The summed E-state index contributed by atoms with van der Waals surface area (Å²) in [6.07, 6.45) is 1.97. The lowest BCUT2D eigenvalue weighted by molar-refractivity contribution is -0.384. The van der Waals surface area contributed by atoms with Gasteiger partial charge in [0.15, 0.2) is 0 Å². The number of methoxy groups -OCH3 is 2. The van der Waals surface area contributed by atoms with E-state index in [1.807, 2.05) is 32.0 Å². The summed E-state index contributed by atoms with van der Waals surface area (Å²) >= 11 is 0. The number of benzene rings is 2. The minimum Gasteiger partial charge on any atom is -0.496 e. The number of nitrogens with one attached hydrogen (secondary N) is 1. The third-order valence-corrected chi connectivity index (χ3v) is 6.55. The SMILES string of the molecule is CCC(NC(=O)CCCN(c1cc([N+](=O)[O-])ccc1OC)S(C)(=O)=O)c1ccc(OC)c(C)c1. The van der Waals surface area contributed by atoms with Crippen LogP contribution in [-0.2, 0) is 14.8 Å². The summed E-state index contributed by atoms with van der Waals surface area (Å²) < 4.78 is 36.4. The molecule has 0 spiro atoms. The molecule has 0 saturated carbocycles. The molecule has 34 heavy (non-hydrogen) atoms. The lowest BCUT2D eigenvalue weighted by Gasteiger charge is -2.24. The molecule has 10 nitrogen and oxygen atoms in total. The number of sulfonamides is 1. The van der Waals surface area contributed by atoms with Crippen molar-refractivity contribution in [3.63, 3.8) is 0 Å². The van der Waals surface area contributed by atoms with Crippen LogP contribution in [0.5, 0.6) is 11.5 Å². The summed E-state index contributed by atoms with van der Waals surface area (Å²) in [6, 6.07) is 9.27. The summed E-state index contributed by atoms with van der Waals surface area (Å²) in [6.45, 7) is 3.85. The van der Waals surface area contributed by atoms with Crippen LogP contribution in [0.3, 0.4) is 0 Å². The van der Waals surface area contributed by atoms with Crippen LogP contribution < -0.4 is 19.1 Å². The van der Waals surface area contributed by atoms with Crippen LogP contribution in [0.1, 0.15) is 43.4 Å². The second-order valence-electron chi connectivity index (χ2n) is 7.81. The highest BCUT2D eigenvalue weighted by Gasteiger charge is 2.24. The standard InChI is InChI=1S/C23H31N3O7S/c1-6-19(17-9-11-21(32-3)16(2)14-17)24-23(27)8-7-13-25(34(5,30)31)20-15-18(26(28)29)10-12-22(20)33-4/h9-12,14-15,19H,6-8,13H2,1-5H3,(H,24,27). The van der Waals surface area contributed by atoms with Crippen LogP contribution in [0.15, 0.2) is 36.4 Å². The monoisotopic (exact) mass is 493 g/mol. The van der Waals surface area contributed by atoms with Gasteiger partial charge >= 0.3 is 0 Å². The molecule has 0 fully saturated rings. The number of aryl methyl sites for hydroxylation is 1. The first-order valence-corrected chi connectivity index (χ1v) is 12.6. The molecule has 0 aliphatic carbocycles. The highest BCUT2D eigenvalue weighted by Crippen LogP contribution is 2.34. The van der Waals surface area contributed by atoms with Gasteiger partial charge in [-0.3, -0.25) is 19.2 Å². The number of anilines is 1. The van der Waals surface area contributed by atoms with Gasteiger partial charge in [0.1, 0.15) is 17.2 Å². The van der Waals surface area contributed by atoms with Crippen LogP contribution in [-0.4, -0.2) is 46.3 Å². The second-order valence-corrected chi connectivity index (χ2v) is 9.72. The number of ether oxygens (including phenoxy) is 2. The number of hydrogen-bond acceptors (Lipinski definition) is 7. The topological polar surface area (TPSA) is 128 Å². The van der Waals surface area contributed by atoms with E-state index in [2.05, 4.69) is 5.32 Å². The number of hydrogen-bond donors (Lipinski definition) is 1. The number of nitro groups is 1. The molecule has 0 bridgehead atoms. The van der Waals surface area contributed by atoms with E-state index >= 15 is 0 Å². The van der Waals surface area contributed by atoms with Gasteiger partial charge in [0.2, 0.25) is 15.9 Å². The summed E-state index contributed by atoms with van der Waals surface area (Å²) in [7, 11) is -0.833. The number of amides is 1. The molecule has 0 aromatic heterocycles. The Morgan fingerprint density at radius 3 is 2.32 bits per heavy atom. The fourth-order valence-corrected chi connectivity index (χ4v) is 4.60. The Labute approximate surface area is 200 Å². The Kier molecular flexibility index (Phi) is 9.25. The molecule has 1 N–H and O–H groups in total. The molecule has 2 aromatic carbocycles. The van der Waals surface area contributed by atoms with E-state index in [4.69, 9.17) is 9.47 Å². The Bertz CT molecular complexity index is 1140. The van der Waals surface area contributed by atoms with Gasteiger partial charge in [0.25, 0.3) is 5.69 Å². The van der Waals surface area contributed by atoms with Gasteiger partial charge < -0.3 is 14.8 Å². The van der Waals surface area contributed by atoms with Crippen molar-refractivity contribution in [2.24, 2.45) is 0 Å². The van der Waals surface area contributed by atoms with Gasteiger partial charge in [0, 0.05) is 25.1 Å². The first kappa shape index (κ1) is 26.9. The maximum absolute atomic E-state index is 12.6. The number of carbonyl (C=O) groups is 1. The molecule has 0 saturated heterocycles. The van der Waals surface area contributed by atoms with Crippen LogP contribution in [0, 0.1) is 17.0 Å². The number of nitrogens with zero attached hydrogens (tertiary/aromatic N) is 2. The van der Waals surface area contributed by atoms with Gasteiger partial charge in [-0.1, -0.05) is 19.1 Å². The summed E-state index contributed by atoms with van der Waals surface area (Å²) in [5, 5.41) is 14.2. The van der Waals surface area contributed by atoms with E-state index in [0.29, 0.717) is 6.42 Å². The molecule has 1 atom stereocenters. The fraction of sp³-hybridized carbons (Fsp3) is 0.435. The second kappa shape index (κ2) is 11.7. The highest BCUT2D eigenvalue weighted by atomic mass is 32.2. The van der Waals surface area contributed by atoms with Gasteiger partial charge in [0.05, 0.1) is 31.4 Å². The van der Waals surface area contributed by atoms with Crippen molar-refractivity contribution in [1.82, 2.24) is 5.32 Å². The Hall–Kier alpha value is -3.34. The molecular weight excluding hydrogens is 462 g/mol. The third-order valence-electron chi connectivity index (χ3n) is 5.37. The van der Waals surface area contributed by atoms with Crippen LogP contribution in [0.4, 0.5) is 11.4 Å². The van der Waals surface area contributed by atoms with E-state index in [0.717, 1.165) is 33.5 Å². The van der Waals surface area contributed by atoms with Gasteiger partial charge in [-0.05, 0) is 43.0 Å². The average molecular weight is 494 g/mol. The number of nitro benzene ring substituents is 1. The van der Waals surface area contributed by atoms with E-state index in [1.165, 1.54) is 19.2 Å². The van der Waals surface area contributed by atoms with Gasteiger partial charge in [-0.2, -0.15) is 0 Å². The molecule has 0 aliphatic heterocycles. The Morgan fingerprint density at radius 1 is 1.15 bits per heavy atom. The van der Waals surface area contributed by atoms with Crippen LogP contribution >= 0.6 is 0 Å². The maximum Gasteiger partial charge on any atom is 0.271 e. The van der Waals surface area contributed by atoms with E-state index in [-0.39, 0.29) is 48.5 Å². The van der Waals surface area contributed by atoms with Crippen molar-refractivity contribution in [3.05, 3.63) is 57.6 Å². The third kappa shape index (κ3) is 6.83. The minimum atomic E-state index is -3.79. The molecule has 0 aliphatic rings. The summed E-state index contributed by atoms with van der Waals surface area (Å²) in [5.41, 5.74) is 1.71. The van der Waals surface area contributed by atoms with Crippen molar-refractivity contribution < 1.29 is 27.6 Å². The quantitative estimate of drug-likeness (QED) is 0.352. The smallest absolute Gasteiger partial charge is 0.271 e. The van der Waals surface area contributed by atoms with Gasteiger partial charge in [-0.25, -0.2) is 8.42 Å². The molecule has 186 valence electrons. The fourth-order valence-electron chi connectivity index (χ4n) is 3.64. The number of carbonyl (C=O) groups excluding carboxylic acids is 1. The minimum absolute atomic E-state index is 0.0395. The lowest BCUT2D eigenvalue weighted by Crippen LogP contribution is -2.33. The number of rotatable bonds is 12. The largest absolute Gasteiger partial charge is 0.496 e. The van der Waals surface area contributed by atoms with E-state index < -0.39 is 14.9 Å². The van der Waals surface area contributed by atoms with Crippen molar-refractivity contribution in [1.29, 1.82) is 0 Å². The predicted octanol–water partition coefficient (Wildman–Crippen LogP) is 3.73. The number of non-ortho nitro benzene ring substituents is 1. The Morgan fingerprint density at radius 2 is 1.79 bits per heavy atom. The zero-order chi connectivity index (χ0) is 25.5. The first-order valence-electron chi connectivity index (χ1n) is 10.8. The van der Waals surface area contributed by atoms with Crippen molar-refractivity contribution >= 4 is 27.3 Å². The van der Waals surface area contributed by atoms with E-state index in [1.54, 1.807) is 7.11 Å². The van der Waals surface area contributed by atoms with Crippen molar-refractivity contribution in [2.75, 3.05) is 31.3 Å². The van der Waals surface area contributed by atoms with Crippen molar-refractivity contribution in [3.8, 4) is 11.5 Å². The van der Waals surface area contributed by atoms with E-state index in [9.17, 15) is 23.3 Å². The molecule has 0 radical (unpaired) electrons. The molecule has 0 heterocycles. The molecular formula is C23H31N3O7S. The van der Waals surface area contributed by atoms with Crippen LogP contribution in [0.2, 0.25) is 0 Å². The summed E-state index contributed by atoms with van der Waals surface area (Å²) in [4.78, 5) is 23.2. The first-order chi connectivity index (χ1) is 16.0. The highest BCUT2D eigenvalue weighted by molar-refractivity contribution is 7.92. The lowest BCUT2D eigenvalue weighted by atomic mass is 10.0. The molecule has 11 heteroatoms.